The van der Waals surface area contributed by atoms with Crippen molar-refractivity contribution in [3.05, 3.63) is 52.7 Å². The number of aromatic amines is 1. The summed E-state index contributed by atoms with van der Waals surface area (Å²) >= 11 is 6.63. The number of carbonyl (C=O) groups is 1. The van der Waals surface area contributed by atoms with Crippen molar-refractivity contribution in [3.8, 4) is 18.1 Å². The Morgan fingerprint density at radius 1 is 1.39 bits per heavy atom. The normalized spacial score (nSPS) is 24.6. The first-order valence-electron chi connectivity index (χ1n) is 12.5. The fraction of sp³-hybridized carbons (Fsp3) is 0.423. The molecular formula is C26H29ClFN4O8P. The predicted molar refractivity (Wildman–Crippen MR) is 148 cm³/mol. The van der Waals surface area contributed by atoms with Gasteiger partial charge < -0.3 is 24.8 Å². The number of anilines is 1. The Balaban J connectivity index is 1.62. The van der Waals surface area contributed by atoms with E-state index in [1.54, 1.807) is 44.2 Å². The van der Waals surface area contributed by atoms with Gasteiger partial charge in [0.1, 0.15) is 23.3 Å². The van der Waals surface area contributed by atoms with E-state index < -0.39 is 72.3 Å². The number of nitrogens with one attached hydrogen (secondary N) is 1. The molecule has 0 radical (unpaired) electrons. The van der Waals surface area contributed by atoms with E-state index in [1.807, 2.05) is 0 Å². The number of fused-ring (bicyclic) bond motifs is 1. The van der Waals surface area contributed by atoms with Crippen LogP contribution >= 0.6 is 19.2 Å². The number of nitrogen functional groups attached to an aromatic ring is 1. The number of aliphatic hydroxyl groups is 1. The molecule has 0 aliphatic carbocycles. The molecule has 0 amide bonds. The molecule has 0 spiro atoms. The number of benzene rings is 1. The minimum absolute atomic E-state index is 0.213. The van der Waals surface area contributed by atoms with Crippen LogP contribution in [0.4, 0.5) is 10.3 Å². The van der Waals surface area contributed by atoms with Crippen LogP contribution in [0.1, 0.15) is 27.0 Å². The van der Waals surface area contributed by atoms with E-state index in [-0.39, 0.29) is 23.5 Å². The third-order valence-corrected chi connectivity index (χ3v) is 8.79. The van der Waals surface area contributed by atoms with Crippen LogP contribution in [0.5, 0.6) is 5.75 Å². The van der Waals surface area contributed by atoms with Crippen molar-refractivity contribution in [1.29, 1.82) is 0 Å². The van der Waals surface area contributed by atoms with Crippen molar-refractivity contribution in [3.63, 3.8) is 0 Å². The minimum Gasteiger partial charge on any atom is -0.463 e. The number of terminal acetylenes is 1. The molecule has 0 saturated carbocycles. The Morgan fingerprint density at radius 3 is 2.71 bits per heavy atom. The van der Waals surface area contributed by atoms with Crippen LogP contribution in [0.15, 0.2) is 41.3 Å². The van der Waals surface area contributed by atoms with Crippen molar-refractivity contribution >= 4 is 42.1 Å². The fourth-order valence-electron chi connectivity index (χ4n) is 4.32. The number of nitrogens with zero attached hydrogens (tertiary/aromatic N) is 2. The van der Waals surface area contributed by atoms with E-state index >= 15 is 0 Å². The number of halogens is 2. The number of hydrogen-bond acceptors (Lipinski definition) is 10. The molecule has 3 aromatic rings. The zero-order valence-corrected chi connectivity index (χ0v) is 24.0. The van der Waals surface area contributed by atoms with Gasteiger partial charge in [-0.1, -0.05) is 42.6 Å². The topological polar surface area (TPSA) is 168 Å². The van der Waals surface area contributed by atoms with E-state index in [1.165, 1.54) is 6.92 Å². The number of nitrogens with two attached hydrogens (primary N) is 1. The van der Waals surface area contributed by atoms with Crippen molar-refractivity contribution in [2.24, 2.45) is 5.92 Å². The maximum atomic E-state index is 14.7. The molecule has 1 aromatic carbocycles. The quantitative estimate of drug-likeness (QED) is 0.134. The van der Waals surface area contributed by atoms with Crippen LogP contribution in [-0.2, 0) is 23.4 Å². The zero-order chi connectivity index (χ0) is 30.1. The van der Waals surface area contributed by atoms with Gasteiger partial charge in [0.15, 0.2) is 22.6 Å². The number of rotatable bonds is 10. The molecule has 6 atom stereocenters. The summed E-state index contributed by atoms with van der Waals surface area (Å²) in [5.41, 5.74) is 4.57. The first-order chi connectivity index (χ1) is 19.3. The van der Waals surface area contributed by atoms with Gasteiger partial charge in [0.2, 0.25) is 5.95 Å². The fourth-order valence-corrected chi connectivity index (χ4v) is 6.49. The SMILES string of the molecule is C#CC1(Cl)[C@@H](O)[C@@H](CO[P@@](=O)(C[C@@H](C)C(=O)OC(C)C)Oc2ccccc2)O[C@H]1n1cc(F)c2c(=O)[nH]c(N)nc21. The summed E-state index contributed by atoms with van der Waals surface area (Å²) in [5.74, 6) is -0.265. The Kier molecular flexibility index (Phi) is 8.82. The molecule has 1 aliphatic heterocycles. The molecule has 12 nitrogen and oxygen atoms in total. The lowest BCUT2D eigenvalue weighted by atomic mass is 9.99. The highest BCUT2D eigenvalue weighted by Gasteiger charge is 2.56. The van der Waals surface area contributed by atoms with Crippen LogP contribution < -0.4 is 15.8 Å². The molecule has 1 unspecified atom stereocenters. The van der Waals surface area contributed by atoms with Gasteiger partial charge in [-0.15, -0.1) is 6.42 Å². The van der Waals surface area contributed by atoms with Gasteiger partial charge in [0.25, 0.3) is 5.56 Å². The van der Waals surface area contributed by atoms with E-state index in [2.05, 4.69) is 15.9 Å². The third kappa shape index (κ3) is 6.27. The highest BCUT2D eigenvalue weighted by molar-refractivity contribution is 7.54. The number of ether oxygens (including phenoxy) is 2. The van der Waals surface area contributed by atoms with Gasteiger partial charge in [-0.3, -0.25) is 23.7 Å². The lowest BCUT2D eigenvalue weighted by Gasteiger charge is -2.26. The van der Waals surface area contributed by atoms with Crippen molar-refractivity contribution < 1.29 is 37.4 Å². The standard InChI is InChI=1S/C26H29ClFN4O8P/c1-5-26(27)20(33)18(39-24(26)32-11-17(28)19-21(32)30-25(29)31-22(19)34)12-37-41(36,40-16-9-7-6-8-10-16)13-15(4)23(35)38-14(2)3/h1,6-11,14-15,18,20,24,33H,12-13H2,2-4H3,(H3,29,30,31,34)/t15-,18-,20+,24-,26?,41+/m1/s1. The smallest absolute Gasteiger partial charge is 0.380 e. The summed E-state index contributed by atoms with van der Waals surface area (Å²) in [4.78, 5) is 28.9. The molecule has 4 N–H and O–H groups in total. The predicted octanol–water partition coefficient (Wildman–Crippen LogP) is 3.19. The number of aromatic nitrogens is 3. The van der Waals surface area contributed by atoms with E-state index in [0.29, 0.717) is 0 Å². The lowest BCUT2D eigenvalue weighted by Crippen LogP contribution is -2.41. The number of alkyl halides is 1. The lowest BCUT2D eigenvalue weighted by molar-refractivity contribution is -0.151. The van der Waals surface area contributed by atoms with Crippen LogP contribution in [0.3, 0.4) is 0 Å². The van der Waals surface area contributed by atoms with Gasteiger partial charge in [-0.25, -0.2) is 8.96 Å². The van der Waals surface area contributed by atoms with Crippen molar-refractivity contribution in [2.45, 2.75) is 50.2 Å². The summed E-state index contributed by atoms with van der Waals surface area (Å²) in [6.07, 6.45) is 1.42. The molecule has 4 rings (SSSR count). The van der Waals surface area contributed by atoms with Crippen LogP contribution in [-0.4, -0.2) is 61.6 Å². The summed E-state index contributed by atoms with van der Waals surface area (Å²) in [7, 11) is -4.09. The highest BCUT2D eigenvalue weighted by Crippen LogP contribution is 2.52. The Morgan fingerprint density at radius 2 is 2.07 bits per heavy atom. The Bertz CT molecular complexity index is 1580. The number of esters is 1. The highest BCUT2D eigenvalue weighted by atomic mass is 35.5. The largest absolute Gasteiger partial charge is 0.463 e. The molecule has 15 heteroatoms. The Hall–Kier alpha value is -3.40. The maximum absolute atomic E-state index is 14.7. The molecule has 1 aliphatic rings. The van der Waals surface area contributed by atoms with E-state index in [9.17, 15) is 23.7 Å². The van der Waals surface area contributed by atoms with Crippen LogP contribution in [0, 0.1) is 24.1 Å². The maximum Gasteiger partial charge on any atom is 0.380 e. The second-order valence-corrected chi connectivity index (χ2v) is 12.5. The summed E-state index contributed by atoms with van der Waals surface area (Å²) in [6, 6.07) is 8.15. The number of H-pyrrole nitrogens is 1. The number of para-hydroxylation sites is 1. The van der Waals surface area contributed by atoms with E-state index in [4.69, 9.17) is 42.3 Å². The first kappa shape index (κ1) is 30.6. The summed E-state index contributed by atoms with van der Waals surface area (Å²) < 4.78 is 52.2. The molecule has 1 saturated heterocycles. The monoisotopic (exact) mass is 610 g/mol. The molecule has 2 aromatic heterocycles. The first-order valence-corrected chi connectivity index (χ1v) is 14.6. The van der Waals surface area contributed by atoms with Gasteiger partial charge in [-0.2, -0.15) is 4.98 Å². The van der Waals surface area contributed by atoms with Crippen LogP contribution in [0.2, 0.25) is 0 Å². The molecule has 0 bridgehead atoms. The van der Waals surface area contributed by atoms with Crippen LogP contribution in [0.25, 0.3) is 11.0 Å². The second kappa shape index (κ2) is 11.8. The number of carbonyl (C=O) groups excluding carboxylic acids is 1. The molecule has 220 valence electrons. The summed E-state index contributed by atoms with van der Waals surface area (Å²) in [6.45, 7) is 4.32. The molecule has 3 heterocycles. The Labute approximate surface area is 239 Å². The average Bonchev–Trinajstić information content (AvgIpc) is 3.36. The van der Waals surface area contributed by atoms with Gasteiger partial charge in [-0.05, 0) is 26.0 Å². The van der Waals surface area contributed by atoms with Gasteiger partial charge >= 0.3 is 13.6 Å². The second-order valence-electron chi connectivity index (χ2n) is 9.80. The van der Waals surface area contributed by atoms with Gasteiger partial charge in [0.05, 0.1) is 24.8 Å². The number of hydrogen-bond donors (Lipinski definition) is 3. The molecule has 1 fully saturated rings. The van der Waals surface area contributed by atoms with Crippen molar-refractivity contribution in [2.75, 3.05) is 18.5 Å². The third-order valence-electron chi connectivity index (χ3n) is 6.25. The molecular weight excluding hydrogens is 582 g/mol. The van der Waals surface area contributed by atoms with Gasteiger partial charge in [0, 0.05) is 6.20 Å². The number of aliphatic hydroxyl groups excluding tert-OH is 1. The van der Waals surface area contributed by atoms with Crippen molar-refractivity contribution in [1.82, 2.24) is 14.5 Å². The minimum atomic E-state index is -4.09. The zero-order valence-electron chi connectivity index (χ0n) is 22.3. The van der Waals surface area contributed by atoms with E-state index in [0.717, 1.165) is 10.8 Å². The molecule has 41 heavy (non-hydrogen) atoms. The summed E-state index contributed by atoms with van der Waals surface area (Å²) in [5, 5.41) is 10.7. The average molecular weight is 611 g/mol.